The Morgan fingerprint density at radius 1 is 1.16 bits per heavy atom. The Labute approximate surface area is 182 Å². The van der Waals surface area contributed by atoms with E-state index < -0.39 is 0 Å². The Morgan fingerprint density at radius 2 is 1.94 bits per heavy atom. The van der Waals surface area contributed by atoms with Crippen LogP contribution in [-0.2, 0) is 22.5 Å². The molecule has 31 heavy (non-hydrogen) atoms. The number of nitrogens with zero attached hydrogens (tertiary/aromatic N) is 5. The first-order valence-corrected chi connectivity index (χ1v) is 11.0. The summed E-state index contributed by atoms with van der Waals surface area (Å²) in [6.07, 6.45) is 5.99. The van der Waals surface area contributed by atoms with Crippen LogP contribution in [0.2, 0.25) is 0 Å². The topological polar surface area (TPSA) is 85.2 Å². The summed E-state index contributed by atoms with van der Waals surface area (Å²) in [5.74, 6) is 0.960. The lowest BCUT2D eigenvalue weighted by molar-refractivity contribution is -0.121. The molecule has 1 N–H and O–H groups in total. The van der Waals surface area contributed by atoms with Gasteiger partial charge < -0.3 is 15.0 Å². The molecule has 1 fully saturated rings. The molecule has 8 nitrogen and oxygen atoms in total. The summed E-state index contributed by atoms with van der Waals surface area (Å²) in [7, 11) is 0. The maximum Gasteiger partial charge on any atom is 0.220 e. The molecule has 1 aliphatic heterocycles. The van der Waals surface area contributed by atoms with Crippen LogP contribution in [-0.4, -0.2) is 57.5 Å². The zero-order chi connectivity index (χ0) is 21.6. The van der Waals surface area contributed by atoms with Crippen molar-refractivity contribution >= 4 is 22.8 Å². The van der Waals surface area contributed by atoms with E-state index in [2.05, 4.69) is 51.3 Å². The predicted octanol–water partition coefficient (Wildman–Crippen LogP) is 2.58. The standard InChI is InChI=1S/C23H30N6O2/c1-17-14-28(15-18(2)31-17)22-20-13-27-29(23(20)26-16-25-22)12-11-24-21(30)10-6-9-19-7-4-3-5-8-19/h3-5,7-8,13,16-18H,6,9-12,14-15H2,1-2H3,(H,24,30)/t17-,18-/m0/s1. The van der Waals surface area contributed by atoms with Crippen LogP contribution in [0.4, 0.5) is 5.82 Å². The van der Waals surface area contributed by atoms with Crippen molar-refractivity contribution in [2.24, 2.45) is 0 Å². The summed E-state index contributed by atoms with van der Waals surface area (Å²) in [5, 5.41) is 8.41. The van der Waals surface area contributed by atoms with Gasteiger partial charge in [0.05, 0.1) is 30.3 Å². The van der Waals surface area contributed by atoms with Crippen molar-refractivity contribution in [2.45, 2.75) is 51.9 Å². The van der Waals surface area contributed by atoms with E-state index in [0.717, 1.165) is 42.8 Å². The molecule has 1 amide bonds. The molecule has 1 aromatic carbocycles. The largest absolute Gasteiger partial charge is 0.372 e. The summed E-state index contributed by atoms with van der Waals surface area (Å²) in [6, 6.07) is 10.2. The van der Waals surface area contributed by atoms with E-state index in [-0.39, 0.29) is 18.1 Å². The lowest BCUT2D eigenvalue weighted by atomic mass is 10.1. The van der Waals surface area contributed by atoms with Crippen molar-refractivity contribution in [3.05, 3.63) is 48.4 Å². The van der Waals surface area contributed by atoms with E-state index >= 15 is 0 Å². The molecule has 4 rings (SSSR count). The lowest BCUT2D eigenvalue weighted by Crippen LogP contribution is -2.45. The van der Waals surface area contributed by atoms with Crippen LogP contribution >= 0.6 is 0 Å². The SMILES string of the molecule is C[C@H]1CN(c2ncnc3c2cnn3CCNC(=O)CCCc2ccccc2)C[C@H](C)O1. The summed E-state index contributed by atoms with van der Waals surface area (Å²) in [6.45, 7) is 6.83. The zero-order valence-electron chi connectivity index (χ0n) is 18.2. The van der Waals surface area contributed by atoms with Gasteiger partial charge >= 0.3 is 0 Å². The van der Waals surface area contributed by atoms with Gasteiger partial charge in [0.2, 0.25) is 5.91 Å². The average Bonchev–Trinajstić information content (AvgIpc) is 3.17. The van der Waals surface area contributed by atoms with Gasteiger partial charge in [-0.2, -0.15) is 5.10 Å². The third-order valence-electron chi connectivity index (χ3n) is 5.49. The van der Waals surface area contributed by atoms with Gasteiger partial charge in [-0.25, -0.2) is 14.6 Å². The highest BCUT2D eigenvalue weighted by molar-refractivity contribution is 5.86. The van der Waals surface area contributed by atoms with E-state index in [1.54, 1.807) is 6.33 Å². The molecule has 0 unspecified atom stereocenters. The zero-order valence-corrected chi connectivity index (χ0v) is 18.2. The van der Waals surface area contributed by atoms with Gasteiger partial charge in [0, 0.05) is 26.1 Å². The number of amides is 1. The van der Waals surface area contributed by atoms with E-state index in [0.29, 0.717) is 19.5 Å². The minimum absolute atomic E-state index is 0.0685. The van der Waals surface area contributed by atoms with Crippen LogP contribution in [0, 0.1) is 0 Å². The molecule has 2 atom stereocenters. The lowest BCUT2D eigenvalue weighted by Gasteiger charge is -2.36. The Bertz CT molecular complexity index is 996. The maximum atomic E-state index is 12.2. The normalized spacial score (nSPS) is 19.0. The molecule has 0 saturated carbocycles. The van der Waals surface area contributed by atoms with Crippen LogP contribution in [0.3, 0.4) is 0 Å². The third-order valence-corrected chi connectivity index (χ3v) is 5.49. The molecule has 0 aliphatic carbocycles. The highest BCUT2D eigenvalue weighted by Crippen LogP contribution is 2.25. The number of aryl methyl sites for hydroxylation is 1. The van der Waals surface area contributed by atoms with Gasteiger partial charge in [-0.1, -0.05) is 30.3 Å². The Morgan fingerprint density at radius 3 is 2.71 bits per heavy atom. The first-order valence-electron chi connectivity index (χ1n) is 11.0. The van der Waals surface area contributed by atoms with Crippen molar-refractivity contribution in [1.29, 1.82) is 0 Å². The van der Waals surface area contributed by atoms with Gasteiger partial charge in [-0.05, 0) is 32.3 Å². The number of hydrogen-bond donors (Lipinski definition) is 1. The second-order valence-corrected chi connectivity index (χ2v) is 8.15. The highest BCUT2D eigenvalue weighted by Gasteiger charge is 2.25. The molecule has 1 saturated heterocycles. The minimum atomic E-state index is 0.0685. The molecule has 3 aromatic rings. The maximum absolute atomic E-state index is 12.2. The second kappa shape index (κ2) is 9.87. The Kier molecular flexibility index (Phi) is 6.76. The van der Waals surface area contributed by atoms with E-state index in [1.807, 2.05) is 29.1 Å². The number of rotatable bonds is 8. The van der Waals surface area contributed by atoms with Crippen LogP contribution in [0.15, 0.2) is 42.9 Å². The predicted molar refractivity (Wildman–Crippen MR) is 120 cm³/mol. The van der Waals surface area contributed by atoms with Gasteiger partial charge in [0.25, 0.3) is 0 Å². The van der Waals surface area contributed by atoms with Gasteiger partial charge in [-0.15, -0.1) is 0 Å². The molecule has 0 bridgehead atoms. The Balaban J connectivity index is 1.30. The van der Waals surface area contributed by atoms with E-state index in [4.69, 9.17) is 4.74 Å². The minimum Gasteiger partial charge on any atom is -0.372 e. The number of aromatic nitrogens is 4. The second-order valence-electron chi connectivity index (χ2n) is 8.15. The summed E-state index contributed by atoms with van der Waals surface area (Å²) < 4.78 is 7.67. The number of morpholine rings is 1. The van der Waals surface area contributed by atoms with Crippen LogP contribution in [0.25, 0.3) is 11.0 Å². The van der Waals surface area contributed by atoms with Crippen molar-refractivity contribution in [3.8, 4) is 0 Å². The van der Waals surface area contributed by atoms with Crippen LogP contribution in [0.1, 0.15) is 32.3 Å². The summed E-state index contributed by atoms with van der Waals surface area (Å²) in [5.41, 5.74) is 2.05. The first kappa shape index (κ1) is 21.2. The fraction of sp³-hybridized carbons (Fsp3) is 0.478. The molecule has 1 aliphatic rings. The molecular formula is C23H30N6O2. The fourth-order valence-electron chi connectivity index (χ4n) is 4.13. The van der Waals surface area contributed by atoms with Crippen LogP contribution in [0.5, 0.6) is 0 Å². The van der Waals surface area contributed by atoms with E-state index in [9.17, 15) is 4.79 Å². The number of benzene rings is 1. The fourth-order valence-corrected chi connectivity index (χ4v) is 4.13. The van der Waals surface area contributed by atoms with Crippen LogP contribution < -0.4 is 10.2 Å². The summed E-state index contributed by atoms with van der Waals surface area (Å²) in [4.78, 5) is 23.4. The van der Waals surface area contributed by atoms with Crippen molar-refractivity contribution < 1.29 is 9.53 Å². The number of carbonyl (C=O) groups excluding carboxylic acids is 1. The monoisotopic (exact) mass is 422 g/mol. The number of carbonyl (C=O) groups is 1. The molecule has 8 heteroatoms. The number of anilines is 1. The number of nitrogens with one attached hydrogen (secondary N) is 1. The van der Waals surface area contributed by atoms with Crippen molar-refractivity contribution in [3.63, 3.8) is 0 Å². The number of fused-ring (bicyclic) bond motifs is 1. The molecule has 0 spiro atoms. The van der Waals surface area contributed by atoms with Crippen molar-refractivity contribution in [1.82, 2.24) is 25.1 Å². The van der Waals surface area contributed by atoms with Crippen molar-refractivity contribution in [2.75, 3.05) is 24.5 Å². The molecule has 3 heterocycles. The highest BCUT2D eigenvalue weighted by atomic mass is 16.5. The molecule has 164 valence electrons. The first-order chi connectivity index (χ1) is 15.1. The number of ether oxygens (including phenoxy) is 1. The molecule has 2 aromatic heterocycles. The average molecular weight is 423 g/mol. The molecular weight excluding hydrogens is 392 g/mol. The number of hydrogen-bond acceptors (Lipinski definition) is 6. The van der Waals surface area contributed by atoms with Gasteiger partial charge in [0.15, 0.2) is 5.65 Å². The smallest absolute Gasteiger partial charge is 0.220 e. The summed E-state index contributed by atoms with van der Waals surface area (Å²) >= 11 is 0. The third kappa shape index (κ3) is 5.38. The van der Waals surface area contributed by atoms with Gasteiger partial charge in [-0.3, -0.25) is 4.79 Å². The quantitative estimate of drug-likeness (QED) is 0.601. The Hall–Kier alpha value is -3.00. The van der Waals surface area contributed by atoms with E-state index in [1.165, 1.54) is 5.56 Å². The van der Waals surface area contributed by atoms with Gasteiger partial charge in [0.1, 0.15) is 12.1 Å². The molecule has 0 radical (unpaired) electrons.